The highest BCUT2D eigenvalue weighted by Gasteiger charge is 2.16. The van der Waals surface area contributed by atoms with Crippen LogP contribution in [0, 0.1) is 5.82 Å². The third-order valence-electron chi connectivity index (χ3n) is 2.47. The maximum atomic E-state index is 12.8. The standard InChI is InChI=1S/C10H12FN/c11-8-5-4-7-2-1-3-10(12)9(7)6-8/h4-6,10H,1-3,12H2. The van der Waals surface area contributed by atoms with Gasteiger partial charge in [-0.25, -0.2) is 4.39 Å². The van der Waals surface area contributed by atoms with Crippen molar-refractivity contribution in [2.75, 3.05) is 0 Å². The van der Waals surface area contributed by atoms with Crippen LogP contribution >= 0.6 is 0 Å². The first kappa shape index (κ1) is 7.74. The summed E-state index contributed by atoms with van der Waals surface area (Å²) in [6.07, 6.45) is 3.15. The first-order valence-electron chi connectivity index (χ1n) is 4.31. The van der Waals surface area contributed by atoms with Crippen molar-refractivity contribution < 1.29 is 4.39 Å². The van der Waals surface area contributed by atoms with Crippen LogP contribution in [0.25, 0.3) is 0 Å². The second-order valence-corrected chi connectivity index (χ2v) is 3.34. The van der Waals surface area contributed by atoms with Crippen LogP contribution in [0.3, 0.4) is 0 Å². The lowest BCUT2D eigenvalue weighted by atomic mass is 9.88. The van der Waals surface area contributed by atoms with Gasteiger partial charge >= 0.3 is 0 Å². The molecule has 1 unspecified atom stereocenters. The lowest BCUT2D eigenvalue weighted by molar-refractivity contribution is 0.557. The summed E-state index contributed by atoms with van der Waals surface area (Å²) in [6.45, 7) is 0. The summed E-state index contributed by atoms with van der Waals surface area (Å²) in [5.74, 6) is -0.175. The zero-order chi connectivity index (χ0) is 8.55. The number of nitrogens with two attached hydrogens (primary N) is 1. The Hall–Kier alpha value is -0.890. The van der Waals surface area contributed by atoms with Crippen molar-refractivity contribution in [3.8, 4) is 0 Å². The summed E-state index contributed by atoms with van der Waals surface area (Å²) in [5.41, 5.74) is 8.07. The SMILES string of the molecule is NC1CCCc2ccc(F)cc21. The molecule has 0 spiro atoms. The summed E-state index contributed by atoms with van der Waals surface area (Å²) in [7, 11) is 0. The monoisotopic (exact) mass is 165 g/mol. The van der Waals surface area contributed by atoms with E-state index in [4.69, 9.17) is 5.73 Å². The molecule has 1 atom stereocenters. The number of benzene rings is 1. The molecule has 0 bridgehead atoms. The van der Waals surface area contributed by atoms with Gasteiger partial charge in [0.1, 0.15) is 5.82 Å². The highest BCUT2D eigenvalue weighted by atomic mass is 19.1. The highest BCUT2D eigenvalue weighted by Crippen LogP contribution is 2.27. The van der Waals surface area contributed by atoms with E-state index in [-0.39, 0.29) is 11.9 Å². The van der Waals surface area contributed by atoms with Crippen LogP contribution in [0.2, 0.25) is 0 Å². The average Bonchev–Trinajstić information content (AvgIpc) is 2.07. The molecule has 64 valence electrons. The Balaban J connectivity index is 2.47. The first-order valence-corrected chi connectivity index (χ1v) is 4.31. The predicted octanol–water partition coefficient (Wildman–Crippen LogP) is 2.16. The third-order valence-corrected chi connectivity index (χ3v) is 2.47. The zero-order valence-electron chi connectivity index (χ0n) is 6.89. The van der Waals surface area contributed by atoms with Gasteiger partial charge < -0.3 is 5.73 Å². The van der Waals surface area contributed by atoms with Crippen LogP contribution in [-0.4, -0.2) is 0 Å². The summed E-state index contributed by atoms with van der Waals surface area (Å²) in [5, 5.41) is 0. The van der Waals surface area contributed by atoms with Crippen molar-refractivity contribution >= 4 is 0 Å². The zero-order valence-corrected chi connectivity index (χ0v) is 6.89. The maximum Gasteiger partial charge on any atom is 0.123 e. The molecule has 0 aliphatic heterocycles. The second-order valence-electron chi connectivity index (χ2n) is 3.34. The van der Waals surface area contributed by atoms with E-state index in [1.54, 1.807) is 6.07 Å². The topological polar surface area (TPSA) is 26.0 Å². The van der Waals surface area contributed by atoms with E-state index >= 15 is 0 Å². The van der Waals surface area contributed by atoms with Gasteiger partial charge in [0.05, 0.1) is 0 Å². The maximum absolute atomic E-state index is 12.8. The predicted molar refractivity (Wildman–Crippen MR) is 46.3 cm³/mol. The Bertz CT molecular complexity index is 296. The van der Waals surface area contributed by atoms with Crippen molar-refractivity contribution in [3.05, 3.63) is 35.1 Å². The fourth-order valence-corrected chi connectivity index (χ4v) is 1.81. The number of halogens is 1. The lowest BCUT2D eigenvalue weighted by Crippen LogP contribution is -2.17. The average molecular weight is 165 g/mol. The van der Waals surface area contributed by atoms with Gasteiger partial charge in [0.25, 0.3) is 0 Å². The number of rotatable bonds is 0. The number of fused-ring (bicyclic) bond motifs is 1. The van der Waals surface area contributed by atoms with Crippen LogP contribution in [0.5, 0.6) is 0 Å². The molecule has 0 saturated carbocycles. The molecule has 0 fully saturated rings. The van der Waals surface area contributed by atoms with Crippen molar-refractivity contribution in [3.63, 3.8) is 0 Å². The van der Waals surface area contributed by atoms with E-state index in [9.17, 15) is 4.39 Å². The van der Waals surface area contributed by atoms with Crippen LogP contribution in [0.1, 0.15) is 30.0 Å². The van der Waals surface area contributed by atoms with Gasteiger partial charge in [-0.2, -0.15) is 0 Å². The van der Waals surface area contributed by atoms with E-state index in [2.05, 4.69) is 0 Å². The Morgan fingerprint density at radius 3 is 3.08 bits per heavy atom. The molecular weight excluding hydrogens is 153 g/mol. The molecule has 0 amide bonds. The second kappa shape index (κ2) is 2.87. The van der Waals surface area contributed by atoms with E-state index in [1.165, 1.54) is 11.6 Å². The fraction of sp³-hybridized carbons (Fsp3) is 0.400. The number of aryl methyl sites for hydroxylation is 1. The minimum atomic E-state index is -0.175. The smallest absolute Gasteiger partial charge is 0.123 e. The lowest BCUT2D eigenvalue weighted by Gasteiger charge is -2.21. The normalized spacial score (nSPS) is 22.0. The van der Waals surface area contributed by atoms with Gasteiger partial charge in [-0.15, -0.1) is 0 Å². The molecule has 2 heteroatoms. The Kier molecular flexibility index (Phi) is 1.85. The Morgan fingerprint density at radius 2 is 2.25 bits per heavy atom. The van der Waals surface area contributed by atoms with Gasteiger partial charge in [0.2, 0.25) is 0 Å². The molecule has 0 saturated heterocycles. The third kappa shape index (κ3) is 1.23. The summed E-state index contributed by atoms with van der Waals surface area (Å²) in [4.78, 5) is 0. The van der Waals surface area contributed by atoms with E-state index in [0.29, 0.717) is 0 Å². The van der Waals surface area contributed by atoms with Gasteiger partial charge in [-0.3, -0.25) is 0 Å². The summed E-state index contributed by atoms with van der Waals surface area (Å²) < 4.78 is 12.8. The molecule has 0 aromatic heterocycles. The van der Waals surface area contributed by atoms with Gasteiger partial charge in [0, 0.05) is 6.04 Å². The molecule has 1 aliphatic rings. The van der Waals surface area contributed by atoms with Crippen LogP contribution in [0.15, 0.2) is 18.2 Å². The highest BCUT2D eigenvalue weighted by molar-refractivity contribution is 5.32. The molecule has 1 aromatic carbocycles. The van der Waals surface area contributed by atoms with E-state index < -0.39 is 0 Å². The minimum absolute atomic E-state index is 0.0458. The number of hydrogen-bond donors (Lipinski definition) is 1. The van der Waals surface area contributed by atoms with Gasteiger partial charge in [0.15, 0.2) is 0 Å². The first-order chi connectivity index (χ1) is 5.77. The molecule has 1 aromatic rings. The quantitative estimate of drug-likeness (QED) is 0.626. The molecular formula is C10H12FN. The molecule has 1 nitrogen and oxygen atoms in total. The van der Waals surface area contributed by atoms with Crippen molar-refractivity contribution in [1.82, 2.24) is 0 Å². The molecule has 12 heavy (non-hydrogen) atoms. The molecule has 0 heterocycles. The Labute approximate surface area is 71.4 Å². The van der Waals surface area contributed by atoms with Crippen LogP contribution < -0.4 is 5.73 Å². The molecule has 0 radical (unpaired) electrons. The molecule has 1 aliphatic carbocycles. The van der Waals surface area contributed by atoms with E-state index in [1.807, 2.05) is 6.07 Å². The summed E-state index contributed by atoms with van der Waals surface area (Å²) >= 11 is 0. The van der Waals surface area contributed by atoms with Gasteiger partial charge in [-0.1, -0.05) is 6.07 Å². The minimum Gasteiger partial charge on any atom is -0.324 e. The largest absolute Gasteiger partial charge is 0.324 e. The van der Waals surface area contributed by atoms with Crippen LogP contribution in [0.4, 0.5) is 4.39 Å². The van der Waals surface area contributed by atoms with Crippen LogP contribution in [-0.2, 0) is 6.42 Å². The van der Waals surface area contributed by atoms with Crippen molar-refractivity contribution in [1.29, 1.82) is 0 Å². The van der Waals surface area contributed by atoms with Crippen molar-refractivity contribution in [2.24, 2.45) is 5.73 Å². The molecule has 2 N–H and O–H groups in total. The number of hydrogen-bond acceptors (Lipinski definition) is 1. The Morgan fingerprint density at radius 1 is 1.42 bits per heavy atom. The van der Waals surface area contributed by atoms with Gasteiger partial charge in [-0.05, 0) is 42.5 Å². The molecule has 2 rings (SSSR count). The summed E-state index contributed by atoms with van der Waals surface area (Å²) in [6, 6.07) is 4.98. The van der Waals surface area contributed by atoms with E-state index in [0.717, 1.165) is 24.8 Å². The fourth-order valence-electron chi connectivity index (χ4n) is 1.81. The van der Waals surface area contributed by atoms with Crippen molar-refractivity contribution in [2.45, 2.75) is 25.3 Å².